The van der Waals surface area contributed by atoms with Crippen molar-refractivity contribution in [1.29, 1.82) is 0 Å². The molecule has 5 heteroatoms. The Bertz CT molecular complexity index is 826. The second-order valence-corrected chi connectivity index (χ2v) is 8.53. The van der Waals surface area contributed by atoms with E-state index in [2.05, 4.69) is 42.1 Å². The lowest BCUT2D eigenvalue weighted by Crippen LogP contribution is -2.52. The fraction of sp³-hybridized carbons (Fsp3) is 0.625. The van der Waals surface area contributed by atoms with E-state index in [1.807, 2.05) is 18.2 Å². The van der Waals surface area contributed by atoms with Crippen molar-refractivity contribution < 1.29 is 14.0 Å². The minimum Gasteiger partial charge on any atom is -0.356 e. The highest BCUT2D eigenvalue weighted by molar-refractivity contribution is 5.80. The van der Waals surface area contributed by atoms with E-state index in [1.165, 1.54) is 19.3 Å². The van der Waals surface area contributed by atoms with Crippen LogP contribution < -0.4 is 0 Å². The number of rotatable bonds is 7. The summed E-state index contributed by atoms with van der Waals surface area (Å²) in [6.45, 7) is 6.64. The van der Waals surface area contributed by atoms with Gasteiger partial charge in [0.25, 0.3) is 0 Å². The molecule has 29 heavy (non-hydrogen) atoms. The number of likely N-dealkylation sites (tertiary alicyclic amines) is 1. The quantitative estimate of drug-likeness (QED) is 0.469. The van der Waals surface area contributed by atoms with E-state index in [0.717, 1.165) is 49.0 Å². The van der Waals surface area contributed by atoms with Gasteiger partial charge in [-0.3, -0.25) is 4.90 Å². The molecule has 1 fully saturated rings. The van der Waals surface area contributed by atoms with E-state index < -0.39 is 5.79 Å². The molecule has 1 aliphatic heterocycles. The van der Waals surface area contributed by atoms with Crippen molar-refractivity contribution in [3.05, 3.63) is 42.1 Å². The normalized spacial score (nSPS) is 29.3. The number of fused-ring (bicyclic) bond motifs is 1. The maximum Gasteiger partial charge on any atom is 0.181 e. The molecule has 4 rings (SSSR count). The van der Waals surface area contributed by atoms with Crippen molar-refractivity contribution in [2.45, 2.75) is 76.2 Å². The summed E-state index contributed by atoms with van der Waals surface area (Å²) in [6, 6.07) is 8.37. The van der Waals surface area contributed by atoms with Crippen LogP contribution in [0, 0.1) is 0 Å². The number of aromatic nitrogens is 1. The summed E-state index contributed by atoms with van der Waals surface area (Å²) >= 11 is 0. The highest BCUT2D eigenvalue weighted by Crippen LogP contribution is 2.44. The third kappa shape index (κ3) is 4.14. The van der Waals surface area contributed by atoms with Gasteiger partial charge in [0, 0.05) is 25.0 Å². The second-order valence-electron chi connectivity index (χ2n) is 8.53. The van der Waals surface area contributed by atoms with Gasteiger partial charge in [0.15, 0.2) is 11.4 Å². The van der Waals surface area contributed by atoms with Crippen LogP contribution in [-0.4, -0.2) is 48.2 Å². The minimum absolute atomic E-state index is 0.100. The molecule has 4 unspecified atom stereocenters. The summed E-state index contributed by atoms with van der Waals surface area (Å²) in [7, 11) is 1.78. The van der Waals surface area contributed by atoms with Crippen molar-refractivity contribution in [2.75, 3.05) is 20.2 Å². The second kappa shape index (κ2) is 8.99. The minimum atomic E-state index is -0.745. The number of ether oxygens (including phenoxy) is 2. The van der Waals surface area contributed by atoms with Crippen molar-refractivity contribution in [3.63, 3.8) is 0 Å². The summed E-state index contributed by atoms with van der Waals surface area (Å²) in [5.41, 5.74) is 1.71. The molecule has 0 bridgehead atoms. The Labute approximate surface area is 174 Å². The first kappa shape index (κ1) is 20.6. The van der Waals surface area contributed by atoms with E-state index >= 15 is 0 Å². The highest BCUT2D eigenvalue weighted by atomic mass is 16.7. The van der Waals surface area contributed by atoms with Crippen LogP contribution >= 0.6 is 0 Å². The molecule has 2 aromatic rings. The van der Waals surface area contributed by atoms with Gasteiger partial charge in [-0.1, -0.05) is 49.2 Å². The lowest BCUT2D eigenvalue weighted by molar-refractivity contribution is -0.262. The van der Waals surface area contributed by atoms with E-state index in [1.54, 1.807) is 7.11 Å². The smallest absolute Gasteiger partial charge is 0.181 e. The molecule has 2 aliphatic rings. The molecule has 1 saturated heterocycles. The molecule has 2 heterocycles. The predicted octanol–water partition coefficient (Wildman–Crippen LogP) is 5.27. The van der Waals surface area contributed by atoms with Crippen LogP contribution in [-0.2, 0) is 9.47 Å². The average molecular weight is 399 g/mol. The molecular formula is C24H34N2O3. The van der Waals surface area contributed by atoms with Gasteiger partial charge < -0.3 is 14.0 Å². The summed E-state index contributed by atoms with van der Waals surface area (Å²) in [5.74, 6) is -0.845. The molecule has 4 atom stereocenters. The molecule has 0 amide bonds. The van der Waals surface area contributed by atoms with Gasteiger partial charge in [-0.2, -0.15) is 0 Å². The first-order chi connectivity index (χ1) is 14.2. The van der Waals surface area contributed by atoms with E-state index in [9.17, 15) is 0 Å². The van der Waals surface area contributed by atoms with Crippen molar-refractivity contribution in [2.24, 2.45) is 0 Å². The lowest BCUT2D eigenvalue weighted by Gasteiger charge is -2.46. The number of nitrogens with zero attached hydrogens (tertiary/aromatic N) is 2. The maximum absolute atomic E-state index is 6.69. The topological polar surface area (TPSA) is 47.7 Å². The van der Waals surface area contributed by atoms with Crippen LogP contribution in [0.1, 0.15) is 64.0 Å². The summed E-state index contributed by atoms with van der Waals surface area (Å²) in [5, 5.41) is 5.49. The highest BCUT2D eigenvalue weighted by Gasteiger charge is 2.48. The Morgan fingerprint density at radius 3 is 2.76 bits per heavy atom. The Balaban J connectivity index is 1.71. The average Bonchev–Trinajstić information content (AvgIpc) is 3.18. The van der Waals surface area contributed by atoms with Crippen molar-refractivity contribution >= 4 is 11.0 Å². The number of para-hydroxylation sites is 1. The van der Waals surface area contributed by atoms with Crippen molar-refractivity contribution in [1.82, 2.24) is 10.1 Å². The number of hydrogen-bond acceptors (Lipinski definition) is 5. The Morgan fingerprint density at radius 2 is 2.00 bits per heavy atom. The molecule has 0 spiro atoms. The third-order valence-electron chi connectivity index (χ3n) is 6.49. The number of hydrogen-bond donors (Lipinski definition) is 0. The predicted molar refractivity (Wildman–Crippen MR) is 115 cm³/mol. The number of piperidine rings is 1. The molecule has 1 aromatic carbocycles. The number of methoxy groups -OCH3 is 1. The zero-order valence-corrected chi connectivity index (χ0v) is 18.0. The Morgan fingerprint density at radius 1 is 1.21 bits per heavy atom. The largest absolute Gasteiger partial charge is 0.356 e. The van der Waals surface area contributed by atoms with E-state index in [-0.39, 0.29) is 12.0 Å². The Hall–Kier alpha value is -1.69. The van der Waals surface area contributed by atoms with E-state index in [0.29, 0.717) is 6.04 Å². The monoisotopic (exact) mass is 398 g/mol. The summed E-state index contributed by atoms with van der Waals surface area (Å²) < 4.78 is 18.5. The van der Waals surface area contributed by atoms with Gasteiger partial charge in [0.2, 0.25) is 0 Å². The molecular weight excluding hydrogens is 364 g/mol. The van der Waals surface area contributed by atoms with Gasteiger partial charge >= 0.3 is 0 Å². The van der Waals surface area contributed by atoms with Crippen LogP contribution in [0.15, 0.2) is 40.9 Å². The SMILES string of the molecule is CCCC(C)OC1(OC)CC(N2CCCCC2)C=CC1c1noc2ccccc12. The van der Waals surface area contributed by atoms with E-state index in [4.69, 9.17) is 14.0 Å². The molecule has 0 radical (unpaired) electrons. The summed E-state index contributed by atoms with van der Waals surface area (Å²) in [6.07, 6.45) is 11.5. The zero-order chi connectivity index (χ0) is 20.3. The summed E-state index contributed by atoms with van der Waals surface area (Å²) in [4.78, 5) is 2.58. The molecule has 0 saturated carbocycles. The van der Waals surface area contributed by atoms with Gasteiger partial charge in [-0.05, 0) is 51.4 Å². The number of benzene rings is 1. The Kier molecular flexibility index (Phi) is 6.38. The van der Waals surface area contributed by atoms with Crippen LogP contribution in [0.4, 0.5) is 0 Å². The fourth-order valence-electron chi connectivity index (χ4n) is 4.99. The van der Waals surface area contributed by atoms with Crippen molar-refractivity contribution in [3.8, 4) is 0 Å². The zero-order valence-electron chi connectivity index (χ0n) is 18.0. The van der Waals surface area contributed by atoms with Crippen LogP contribution in [0.5, 0.6) is 0 Å². The molecule has 5 nitrogen and oxygen atoms in total. The van der Waals surface area contributed by atoms with Gasteiger partial charge in [0.05, 0.1) is 12.0 Å². The molecule has 1 aromatic heterocycles. The third-order valence-corrected chi connectivity index (χ3v) is 6.49. The molecule has 158 valence electrons. The first-order valence-corrected chi connectivity index (χ1v) is 11.2. The van der Waals surface area contributed by atoms with Crippen LogP contribution in [0.25, 0.3) is 11.0 Å². The van der Waals surface area contributed by atoms with Gasteiger partial charge in [-0.15, -0.1) is 0 Å². The first-order valence-electron chi connectivity index (χ1n) is 11.2. The van der Waals surface area contributed by atoms with Gasteiger partial charge in [-0.25, -0.2) is 0 Å². The molecule has 1 aliphatic carbocycles. The maximum atomic E-state index is 6.69. The lowest BCUT2D eigenvalue weighted by atomic mass is 9.81. The van der Waals surface area contributed by atoms with Crippen LogP contribution in [0.2, 0.25) is 0 Å². The standard InChI is InChI=1S/C24H34N2O3/c1-4-10-18(2)28-24(27-3)17-19(26-15-8-5-9-16-26)13-14-21(24)23-20-11-6-7-12-22(20)29-25-23/h6-7,11-14,18-19,21H,4-5,8-10,15-17H2,1-3H3. The van der Waals surface area contributed by atoms with Gasteiger partial charge in [0.1, 0.15) is 5.69 Å². The fourth-order valence-corrected chi connectivity index (χ4v) is 4.99. The molecule has 0 N–H and O–H groups in total. The van der Waals surface area contributed by atoms with Crippen LogP contribution in [0.3, 0.4) is 0 Å².